The van der Waals surface area contributed by atoms with Gasteiger partial charge in [-0.1, -0.05) is 6.92 Å². The normalized spacial score (nSPS) is 23.4. The standard InChI is InChI=1S/C10H16N2O5/c1-6-2-3-12-9(6)10(16)17-8(15)5-11-4-7(13)14/h6,9,11-12H,2-5H2,1H3,(H,13,14)/t6?,9-/m1/s1. The molecule has 0 amide bonds. The second kappa shape index (κ2) is 6.31. The number of aliphatic carboxylic acids is 1. The molecule has 0 radical (unpaired) electrons. The van der Waals surface area contributed by atoms with Crippen molar-refractivity contribution >= 4 is 17.9 Å². The average Bonchev–Trinajstić information content (AvgIpc) is 2.63. The maximum Gasteiger partial charge on any atom is 0.331 e. The first kappa shape index (κ1) is 13.6. The molecular weight excluding hydrogens is 228 g/mol. The molecule has 3 N–H and O–H groups in total. The molecule has 0 aliphatic carbocycles. The first-order valence-electron chi connectivity index (χ1n) is 5.41. The summed E-state index contributed by atoms with van der Waals surface area (Å²) >= 11 is 0. The highest BCUT2D eigenvalue weighted by Gasteiger charge is 2.31. The SMILES string of the molecule is CC1CCN[C@H]1C(=O)OC(=O)CNCC(=O)O. The van der Waals surface area contributed by atoms with E-state index in [0.29, 0.717) is 0 Å². The first-order chi connectivity index (χ1) is 8.00. The Hall–Kier alpha value is -1.47. The van der Waals surface area contributed by atoms with E-state index in [2.05, 4.69) is 15.4 Å². The van der Waals surface area contributed by atoms with Crippen LogP contribution in [-0.4, -0.2) is 48.7 Å². The predicted octanol–water partition coefficient (Wildman–Crippen LogP) is -1.27. The molecule has 0 aromatic heterocycles. The summed E-state index contributed by atoms with van der Waals surface area (Å²) in [4.78, 5) is 32.8. The molecule has 1 heterocycles. The summed E-state index contributed by atoms with van der Waals surface area (Å²) in [7, 11) is 0. The lowest BCUT2D eigenvalue weighted by molar-refractivity contribution is -0.160. The van der Waals surface area contributed by atoms with Crippen LogP contribution in [0.2, 0.25) is 0 Å². The van der Waals surface area contributed by atoms with Crippen LogP contribution in [0.25, 0.3) is 0 Å². The average molecular weight is 244 g/mol. The van der Waals surface area contributed by atoms with Gasteiger partial charge in [0, 0.05) is 0 Å². The Morgan fingerprint density at radius 1 is 1.41 bits per heavy atom. The fourth-order valence-electron chi connectivity index (χ4n) is 1.63. The Morgan fingerprint density at radius 2 is 2.12 bits per heavy atom. The molecule has 0 aromatic rings. The third-order valence-electron chi connectivity index (χ3n) is 2.55. The number of rotatable bonds is 5. The second-order valence-corrected chi connectivity index (χ2v) is 3.99. The van der Waals surface area contributed by atoms with Gasteiger partial charge in [0.05, 0.1) is 13.1 Å². The van der Waals surface area contributed by atoms with Crippen LogP contribution in [0.15, 0.2) is 0 Å². The van der Waals surface area contributed by atoms with E-state index in [1.807, 2.05) is 6.92 Å². The minimum atomic E-state index is -1.07. The lowest BCUT2D eigenvalue weighted by Gasteiger charge is -2.13. The van der Waals surface area contributed by atoms with E-state index >= 15 is 0 Å². The molecule has 1 rings (SSSR count). The number of hydrogen-bond acceptors (Lipinski definition) is 6. The summed E-state index contributed by atoms with van der Waals surface area (Å²) in [6.07, 6.45) is 0.866. The smallest absolute Gasteiger partial charge is 0.331 e. The minimum absolute atomic E-state index is 0.141. The van der Waals surface area contributed by atoms with Crippen LogP contribution >= 0.6 is 0 Å². The van der Waals surface area contributed by atoms with E-state index in [1.165, 1.54) is 0 Å². The summed E-state index contributed by atoms with van der Waals surface area (Å²) in [5.74, 6) is -2.30. The highest BCUT2D eigenvalue weighted by Crippen LogP contribution is 2.15. The van der Waals surface area contributed by atoms with Crippen molar-refractivity contribution in [2.24, 2.45) is 5.92 Å². The summed E-state index contributed by atoms with van der Waals surface area (Å²) in [5, 5.41) is 13.6. The van der Waals surface area contributed by atoms with Gasteiger partial charge < -0.3 is 15.2 Å². The molecule has 1 fully saturated rings. The maximum atomic E-state index is 11.5. The number of carbonyl (C=O) groups is 3. The molecule has 96 valence electrons. The van der Waals surface area contributed by atoms with E-state index in [9.17, 15) is 14.4 Å². The lowest BCUT2D eigenvalue weighted by Crippen LogP contribution is -2.39. The monoisotopic (exact) mass is 244 g/mol. The van der Waals surface area contributed by atoms with Gasteiger partial charge in [-0.2, -0.15) is 0 Å². The zero-order valence-corrected chi connectivity index (χ0v) is 9.56. The fourth-order valence-corrected chi connectivity index (χ4v) is 1.63. The van der Waals surface area contributed by atoms with Crippen LogP contribution in [0.3, 0.4) is 0 Å². The van der Waals surface area contributed by atoms with Crippen molar-refractivity contribution < 1.29 is 24.2 Å². The second-order valence-electron chi connectivity index (χ2n) is 3.99. The van der Waals surface area contributed by atoms with Crippen molar-refractivity contribution in [2.75, 3.05) is 19.6 Å². The van der Waals surface area contributed by atoms with E-state index in [4.69, 9.17) is 5.11 Å². The molecule has 2 atom stereocenters. The van der Waals surface area contributed by atoms with Gasteiger partial charge in [0.1, 0.15) is 6.04 Å². The largest absolute Gasteiger partial charge is 0.480 e. The third-order valence-corrected chi connectivity index (χ3v) is 2.55. The Balaban J connectivity index is 2.26. The van der Waals surface area contributed by atoms with E-state index < -0.39 is 23.9 Å². The van der Waals surface area contributed by atoms with Gasteiger partial charge in [0.15, 0.2) is 0 Å². The quantitative estimate of drug-likeness (QED) is 0.409. The summed E-state index contributed by atoms with van der Waals surface area (Å²) in [6, 6.07) is -0.446. The zero-order chi connectivity index (χ0) is 12.8. The van der Waals surface area contributed by atoms with Crippen LogP contribution in [0.1, 0.15) is 13.3 Å². The maximum absolute atomic E-state index is 11.5. The lowest BCUT2D eigenvalue weighted by atomic mass is 10.0. The highest BCUT2D eigenvalue weighted by atomic mass is 16.6. The number of ether oxygens (including phenoxy) is 1. The van der Waals surface area contributed by atoms with Crippen LogP contribution in [-0.2, 0) is 19.1 Å². The van der Waals surface area contributed by atoms with Gasteiger partial charge in [-0.05, 0) is 18.9 Å². The van der Waals surface area contributed by atoms with Crippen molar-refractivity contribution in [1.29, 1.82) is 0 Å². The summed E-state index contributed by atoms with van der Waals surface area (Å²) in [5.41, 5.74) is 0. The molecule has 0 bridgehead atoms. The van der Waals surface area contributed by atoms with Gasteiger partial charge in [-0.3, -0.25) is 14.9 Å². The van der Waals surface area contributed by atoms with E-state index in [0.717, 1.165) is 13.0 Å². The molecule has 0 aromatic carbocycles. The Bertz CT molecular complexity index is 318. The molecule has 1 aliphatic rings. The Kier molecular flexibility index (Phi) is 5.05. The van der Waals surface area contributed by atoms with E-state index in [-0.39, 0.29) is 19.0 Å². The van der Waals surface area contributed by atoms with E-state index in [1.54, 1.807) is 0 Å². The molecule has 7 nitrogen and oxygen atoms in total. The van der Waals surface area contributed by atoms with Crippen molar-refractivity contribution in [3.63, 3.8) is 0 Å². The summed E-state index contributed by atoms with van der Waals surface area (Å²) < 4.78 is 4.59. The van der Waals surface area contributed by atoms with Crippen molar-refractivity contribution in [3.8, 4) is 0 Å². The fraction of sp³-hybridized carbons (Fsp3) is 0.700. The Labute approximate surface area is 98.5 Å². The molecule has 7 heteroatoms. The van der Waals surface area contributed by atoms with Crippen molar-refractivity contribution in [3.05, 3.63) is 0 Å². The number of carboxylic acid groups (broad SMARTS) is 1. The van der Waals surface area contributed by atoms with Gasteiger partial charge in [0.25, 0.3) is 0 Å². The highest BCUT2D eigenvalue weighted by molar-refractivity contribution is 5.89. The number of carbonyl (C=O) groups excluding carboxylic acids is 2. The van der Waals surface area contributed by atoms with Crippen LogP contribution in [0, 0.1) is 5.92 Å². The number of carboxylic acids is 1. The molecule has 1 aliphatic heterocycles. The predicted molar refractivity (Wildman–Crippen MR) is 57.2 cm³/mol. The number of hydrogen-bond donors (Lipinski definition) is 3. The molecule has 0 saturated carbocycles. The van der Waals surface area contributed by atoms with Crippen LogP contribution in [0.4, 0.5) is 0 Å². The molecule has 17 heavy (non-hydrogen) atoms. The van der Waals surface area contributed by atoms with Crippen LogP contribution in [0.5, 0.6) is 0 Å². The van der Waals surface area contributed by atoms with Crippen LogP contribution < -0.4 is 10.6 Å². The first-order valence-corrected chi connectivity index (χ1v) is 5.41. The molecule has 1 saturated heterocycles. The van der Waals surface area contributed by atoms with Gasteiger partial charge in [0.2, 0.25) is 0 Å². The molecule has 1 unspecified atom stereocenters. The Morgan fingerprint density at radius 3 is 2.65 bits per heavy atom. The third kappa shape index (κ3) is 4.49. The molecular formula is C10H16N2O5. The zero-order valence-electron chi connectivity index (χ0n) is 9.56. The topological polar surface area (TPSA) is 105 Å². The van der Waals surface area contributed by atoms with Gasteiger partial charge >= 0.3 is 17.9 Å². The van der Waals surface area contributed by atoms with Crippen molar-refractivity contribution in [2.45, 2.75) is 19.4 Å². The summed E-state index contributed by atoms with van der Waals surface area (Å²) in [6.45, 7) is 1.99. The molecule has 0 spiro atoms. The number of esters is 2. The van der Waals surface area contributed by atoms with Gasteiger partial charge in [-0.15, -0.1) is 0 Å². The van der Waals surface area contributed by atoms with Crippen molar-refractivity contribution in [1.82, 2.24) is 10.6 Å². The van der Waals surface area contributed by atoms with Gasteiger partial charge in [-0.25, -0.2) is 4.79 Å². The minimum Gasteiger partial charge on any atom is -0.480 e. The number of nitrogens with one attached hydrogen (secondary N) is 2.